The van der Waals surface area contributed by atoms with Gasteiger partial charge < -0.3 is 29.4 Å². The largest absolute Gasteiger partial charge is 0.396 e. The van der Waals surface area contributed by atoms with Crippen LogP contribution in [0, 0.1) is 11.8 Å². The molecule has 3 heterocycles. The molecule has 3 aliphatic heterocycles. The van der Waals surface area contributed by atoms with Crippen LogP contribution < -0.4 is 9.80 Å². The summed E-state index contributed by atoms with van der Waals surface area (Å²) in [6.45, 7) is 17.2. The molecule has 2 bridgehead atoms. The number of hydrogen-bond donors (Lipinski definition) is 1. The van der Waals surface area contributed by atoms with Gasteiger partial charge in [-0.3, -0.25) is 14.4 Å². The van der Waals surface area contributed by atoms with Crippen molar-refractivity contribution < 1.29 is 24.2 Å². The molecule has 3 fully saturated rings. The number of nitrogens with zero attached hydrogens (tertiary/aromatic N) is 4. The third-order valence-electron chi connectivity index (χ3n) is 9.14. The maximum atomic E-state index is 14.7. The van der Waals surface area contributed by atoms with E-state index in [9.17, 15) is 19.5 Å². The first-order chi connectivity index (χ1) is 20.7. The zero-order valence-corrected chi connectivity index (χ0v) is 27.4. The Hall–Kier alpha value is -2.69. The molecule has 1 N–H and O–H groups in total. The molecule has 3 aliphatic rings. The topological polar surface area (TPSA) is 93.6 Å². The predicted octanol–water partition coefficient (Wildman–Crippen LogP) is 4.00. The van der Waals surface area contributed by atoms with E-state index in [4.69, 9.17) is 4.74 Å². The Morgan fingerprint density at radius 3 is 2.30 bits per heavy atom. The molecule has 1 aromatic rings. The SMILES string of the molecule is C=CCN(CCC)C(=O)[C@H]1[C@H]2C(=O)N(CCCCO)C(C(=O)N(CC=C)c3ccc(N(CC)CC)cc3)C23CC(Br)[C@@H]1O3. The summed E-state index contributed by atoms with van der Waals surface area (Å²) in [4.78, 5) is 50.2. The Morgan fingerprint density at radius 1 is 1.07 bits per heavy atom. The number of benzene rings is 1. The third kappa shape index (κ3) is 6.02. The van der Waals surface area contributed by atoms with E-state index >= 15 is 0 Å². The molecule has 1 aromatic carbocycles. The number of aliphatic hydroxyl groups excluding tert-OH is 1. The van der Waals surface area contributed by atoms with Crippen LogP contribution in [0.25, 0.3) is 0 Å². The lowest BCUT2D eigenvalue weighted by atomic mass is 9.70. The van der Waals surface area contributed by atoms with Crippen LogP contribution in [0.2, 0.25) is 0 Å². The molecular formula is C33H47BrN4O5. The summed E-state index contributed by atoms with van der Waals surface area (Å²) in [5, 5.41) is 9.48. The molecule has 0 aliphatic carbocycles. The standard InChI is InChI=1S/C33H47BrN4O5/c1-6-17-36(18-7-2)30(40)26-27-31(41)38(20-11-12-21-39)29(33(27)22-25(34)28(26)43-33)32(42)37(19-8-3)24-15-13-23(14-16-24)35(9-4)10-5/h6,8,13-16,25-29,39H,1,3,7,9-12,17-22H2,2,4-5H3/t25?,26-,27-,28-,29?,33?/m0/s1. The van der Waals surface area contributed by atoms with Crippen LogP contribution in [-0.4, -0.2) is 101 Å². The van der Waals surface area contributed by atoms with Gasteiger partial charge in [0.05, 0.1) is 17.9 Å². The molecule has 3 unspecified atom stereocenters. The smallest absolute Gasteiger partial charge is 0.253 e. The number of aliphatic hydroxyl groups is 1. The molecule has 1 spiro atoms. The van der Waals surface area contributed by atoms with Gasteiger partial charge in [-0.05, 0) is 63.8 Å². The average Bonchev–Trinajstić information content (AvgIpc) is 3.59. The van der Waals surface area contributed by atoms with E-state index in [0.29, 0.717) is 44.6 Å². The Labute approximate surface area is 264 Å². The minimum atomic E-state index is -1.14. The number of alkyl halides is 1. The lowest BCUT2D eigenvalue weighted by Crippen LogP contribution is -2.57. The maximum Gasteiger partial charge on any atom is 0.253 e. The van der Waals surface area contributed by atoms with Crippen molar-refractivity contribution >= 4 is 45.0 Å². The van der Waals surface area contributed by atoms with E-state index in [-0.39, 0.29) is 35.7 Å². The summed E-state index contributed by atoms with van der Waals surface area (Å²) >= 11 is 3.77. The van der Waals surface area contributed by atoms with Gasteiger partial charge in [0.2, 0.25) is 11.8 Å². The fraction of sp³-hybridized carbons (Fsp3) is 0.606. The van der Waals surface area contributed by atoms with E-state index in [0.717, 1.165) is 25.2 Å². The average molecular weight is 660 g/mol. The number of fused-ring (bicyclic) bond motifs is 1. The number of hydrogen-bond acceptors (Lipinski definition) is 6. The van der Waals surface area contributed by atoms with Gasteiger partial charge in [0.25, 0.3) is 5.91 Å². The van der Waals surface area contributed by atoms with Crippen LogP contribution in [0.15, 0.2) is 49.6 Å². The Morgan fingerprint density at radius 2 is 1.72 bits per heavy atom. The van der Waals surface area contributed by atoms with Crippen molar-refractivity contribution in [3.63, 3.8) is 0 Å². The molecule has 0 saturated carbocycles. The summed E-state index contributed by atoms with van der Waals surface area (Å²) in [6, 6.07) is 6.97. The van der Waals surface area contributed by atoms with Gasteiger partial charge >= 0.3 is 0 Å². The lowest BCUT2D eigenvalue weighted by molar-refractivity contribution is -0.145. The fourth-order valence-corrected chi connectivity index (χ4v) is 8.23. The Kier molecular flexibility index (Phi) is 11.1. The number of halogens is 1. The van der Waals surface area contributed by atoms with Crippen molar-refractivity contribution in [3.05, 3.63) is 49.6 Å². The number of ether oxygens (including phenoxy) is 1. The Balaban J connectivity index is 1.75. The molecule has 3 amide bonds. The predicted molar refractivity (Wildman–Crippen MR) is 173 cm³/mol. The third-order valence-corrected chi connectivity index (χ3v) is 9.98. The van der Waals surface area contributed by atoms with Crippen molar-refractivity contribution in [2.24, 2.45) is 11.8 Å². The number of carbonyl (C=O) groups is 3. The molecule has 6 atom stereocenters. The van der Waals surface area contributed by atoms with Gasteiger partial charge in [-0.15, -0.1) is 13.2 Å². The van der Waals surface area contributed by atoms with Crippen molar-refractivity contribution in [2.75, 3.05) is 55.7 Å². The number of carbonyl (C=O) groups excluding carboxylic acids is 3. The number of amides is 3. The molecule has 10 heteroatoms. The normalized spacial score (nSPS) is 27.2. The number of anilines is 2. The summed E-state index contributed by atoms with van der Waals surface area (Å²) < 4.78 is 6.71. The van der Waals surface area contributed by atoms with Crippen LogP contribution in [0.4, 0.5) is 11.4 Å². The Bertz CT molecular complexity index is 1170. The highest BCUT2D eigenvalue weighted by atomic mass is 79.9. The molecular weight excluding hydrogens is 612 g/mol. The van der Waals surface area contributed by atoms with Crippen molar-refractivity contribution in [3.8, 4) is 0 Å². The molecule has 4 rings (SSSR count). The van der Waals surface area contributed by atoms with E-state index < -0.39 is 29.6 Å². The van der Waals surface area contributed by atoms with Crippen LogP contribution in [0.3, 0.4) is 0 Å². The molecule has 9 nitrogen and oxygen atoms in total. The highest BCUT2D eigenvalue weighted by Crippen LogP contribution is 2.60. The summed E-state index contributed by atoms with van der Waals surface area (Å²) in [5.41, 5.74) is 0.635. The minimum absolute atomic E-state index is 0.00657. The first-order valence-corrected chi connectivity index (χ1v) is 16.6. The monoisotopic (exact) mass is 658 g/mol. The maximum absolute atomic E-state index is 14.7. The van der Waals surface area contributed by atoms with Gasteiger partial charge in [0, 0.05) is 62.1 Å². The highest BCUT2D eigenvalue weighted by Gasteiger charge is 2.76. The minimum Gasteiger partial charge on any atom is -0.396 e. The fourth-order valence-electron chi connectivity index (χ4n) is 7.29. The first-order valence-electron chi connectivity index (χ1n) is 15.6. The second-order valence-electron chi connectivity index (χ2n) is 11.6. The molecule has 0 aromatic heterocycles. The second kappa shape index (κ2) is 14.4. The molecule has 3 saturated heterocycles. The number of rotatable bonds is 16. The lowest BCUT2D eigenvalue weighted by Gasteiger charge is -2.37. The van der Waals surface area contributed by atoms with Crippen LogP contribution >= 0.6 is 15.9 Å². The molecule has 0 radical (unpaired) electrons. The first kappa shape index (κ1) is 33.2. The molecule has 43 heavy (non-hydrogen) atoms. The number of unbranched alkanes of at least 4 members (excludes halogenated alkanes) is 1. The molecule has 236 valence electrons. The van der Waals surface area contributed by atoms with Crippen LogP contribution in [0.1, 0.15) is 46.5 Å². The zero-order valence-electron chi connectivity index (χ0n) is 25.8. The zero-order chi connectivity index (χ0) is 31.3. The van der Waals surface area contributed by atoms with E-state index in [1.807, 2.05) is 31.2 Å². The quantitative estimate of drug-likeness (QED) is 0.164. The highest BCUT2D eigenvalue weighted by molar-refractivity contribution is 9.09. The van der Waals surface area contributed by atoms with E-state index in [2.05, 4.69) is 47.8 Å². The van der Waals surface area contributed by atoms with E-state index in [1.54, 1.807) is 26.9 Å². The van der Waals surface area contributed by atoms with Gasteiger partial charge in [-0.2, -0.15) is 0 Å². The summed E-state index contributed by atoms with van der Waals surface area (Å²) in [5.74, 6) is -2.06. The second-order valence-corrected chi connectivity index (χ2v) is 12.8. The van der Waals surface area contributed by atoms with E-state index in [1.165, 1.54) is 0 Å². The van der Waals surface area contributed by atoms with Gasteiger partial charge in [-0.1, -0.05) is 35.0 Å². The van der Waals surface area contributed by atoms with Crippen LogP contribution in [-0.2, 0) is 19.1 Å². The summed E-state index contributed by atoms with van der Waals surface area (Å²) in [7, 11) is 0. The van der Waals surface area contributed by atoms with Crippen molar-refractivity contribution in [1.82, 2.24) is 9.80 Å². The number of likely N-dealkylation sites (tertiary alicyclic amines) is 1. The van der Waals surface area contributed by atoms with Gasteiger partial charge in [0.15, 0.2) is 0 Å². The van der Waals surface area contributed by atoms with Crippen molar-refractivity contribution in [1.29, 1.82) is 0 Å². The van der Waals surface area contributed by atoms with Crippen molar-refractivity contribution in [2.45, 2.75) is 69.0 Å². The van der Waals surface area contributed by atoms with Gasteiger partial charge in [-0.25, -0.2) is 0 Å². The van der Waals surface area contributed by atoms with Gasteiger partial charge in [0.1, 0.15) is 11.6 Å². The van der Waals surface area contributed by atoms with Crippen LogP contribution in [0.5, 0.6) is 0 Å². The summed E-state index contributed by atoms with van der Waals surface area (Å²) in [6.07, 6.45) is 5.13.